The van der Waals surface area contributed by atoms with E-state index >= 15 is 0 Å². The molecule has 3 amide bonds. The van der Waals surface area contributed by atoms with Gasteiger partial charge in [0.05, 0.1) is 0 Å². The van der Waals surface area contributed by atoms with E-state index in [2.05, 4.69) is 46.6 Å². The fourth-order valence-corrected chi connectivity index (χ4v) is 7.26. The van der Waals surface area contributed by atoms with Gasteiger partial charge in [-0.3, -0.25) is 9.69 Å². The average molecular weight is 572 g/mol. The van der Waals surface area contributed by atoms with Crippen LogP contribution in [-0.2, 0) is 15.7 Å². The van der Waals surface area contributed by atoms with Crippen molar-refractivity contribution in [3.05, 3.63) is 130 Å². The molecule has 0 aliphatic carbocycles. The van der Waals surface area contributed by atoms with Crippen molar-refractivity contribution >= 4 is 11.9 Å². The predicted molar refractivity (Wildman–Crippen MR) is 167 cm³/mol. The van der Waals surface area contributed by atoms with Gasteiger partial charge in [-0.05, 0) is 76.0 Å². The van der Waals surface area contributed by atoms with E-state index in [1.807, 2.05) is 74.5 Å². The summed E-state index contributed by atoms with van der Waals surface area (Å²) in [5, 5.41) is 3.10. The second kappa shape index (κ2) is 10.7. The first kappa shape index (κ1) is 27.4. The Morgan fingerprint density at radius 3 is 1.74 bits per heavy atom. The summed E-state index contributed by atoms with van der Waals surface area (Å²) in [5.74, 6) is 1.70. The highest BCUT2D eigenvalue weighted by Crippen LogP contribution is 2.53. The molecule has 3 aliphatic rings. The molecule has 4 aromatic carbocycles. The largest absolute Gasteiger partial charge is 0.457 e. The number of rotatable bonds is 6. The number of aryl methyl sites for hydroxylation is 2. The molecule has 218 valence electrons. The van der Waals surface area contributed by atoms with Gasteiger partial charge in [0.2, 0.25) is 0 Å². The van der Waals surface area contributed by atoms with Gasteiger partial charge in [0.1, 0.15) is 11.5 Å². The molecule has 6 nitrogen and oxygen atoms in total. The third kappa shape index (κ3) is 4.52. The smallest absolute Gasteiger partial charge is 0.325 e. The van der Waals surface area contributed by atoms with Crippen LogP contribution in [0, 0.1) is 13.8 Å². The standard InChI is InChI=1S/C37H37N3O3/c1-26-12-16-28(17-13-26)37(29-18-14-27(2)15-19-29)34(41)40(35(42)38-37)23-7-22-39-24-20-36(21-25-39)30-8-3-5-10-32(30)43-33-11-6-4-9-31(33)36/h3-6,8-19H,7,20-25H2,1-2H3,(H,38,42). The van der Waals surface area contributed by atoms with Crippen LogP contribution in [0.25, 0.3) is 0 Å². The summed E-state index contributed by atoms with van der Waals surface area (Å²) >= 11 is 0. The van der Waals surface area contributed by atoms with E-state index in [4.69, 9.17) is 4.74 Å². The van der Waals surface area contributed by atoms with Gasteiger partial charge < -0.3 is 15.0 Å². The highest BCUT2D eigenvalue weighted by atomic mass is 16.5. The minimum Gasteiger partial charge on any atom is -0.457 e. The Hall–Kier alpha value is -4.42. The topological polar surface area (TPSA) is 61.9 Å². The van der Waals surface area contributed by atoms with Crippen molar-refractivity contribution in [3.63, 3.8) is 0 Å². The molecule has 2 fully saturated rings. The van der Waals surface area contributed by atoms with Gasteiger partial charge in [-0.2, -0.15) is 0 Å². The van der Waals surface area contributed by atoms with Crippen LogP contribution in [0.3, 0.4) is 0 Å². The third-order valence-electron chi connectivity index (χ3n) is 9.67. The summed E-state index contributed by atoms with van der Waals surface area (Å²) in [5.41, 5.74) is 5.03. The number of fused-ring (bicyclic) bond motifs is 4. The molecule has 0 aromatic heterocycles. The molecule has 1 spiro atoms. The van der Waals surface area contributed by atoms with Gasteiger partial charge in [-0.1, -0.05) is 96.1 Å². The Bertz CT molecular complexity index is 1580. The number of amides is 3. The molecule has 3 aliphatic heterocycles. The molecular formula is C37H37N3O3. The summed E-state index contributed by atoms with van der Waals surface area (Å²) in [6.45, 7) is 7.14. The summed E-state index contributed by atoms with van der Waals surface area (Å²) in [6, 6.07) is 32.3. The van der Waals surface area contributed by atoms with Gasteiger partial charge >= 0.3 is 6.03 Å². The highest BCUT2D eigenvalue weighted by Gasteiger charge is 2.53. The fourth-order valence-electron chi connectivity index (χ4n) is 7.26. The number of carbonyl (C=O) groups is 2. The van der Waals surface area contributed by atoms with E-state index in [0.717, 1.165) is 72.6 Å². The summed E-state index contributed by atoms with van der Waals surface area (Å²) in [6.07, 6.45) is 2.72. The van der Waals surface area contributed by atoms with Gasteiger partial charge in [0.15, 0.2) is 5.54 Å². The maximum Gasteiger partial charge on any atom is 0.325 e. The second-order valence-corrected chi connectivity index (χ2v) is 12.2. The number of urea groups is 1. The number of para-hydroxylation sites is 2. The van der Waals surface area contributed by atoms with Crippen LogP contribution in [0.15, 0.2) is 97.1 Å². The molecule has 0 unspecified atom stereocenters. The van der Waals surface area contributed by atoms with Crippen molar-refractivity contribution in [2.75, 3.05) is 26.2 Å². The van der Waals surface area contributed by atoms with Gasteiger partial charge in [0, 0.05) is 23.1 Å². The highest BCUT2D eigenvalue weighted by molar-refractivity contribution is 6.09. The molecule has 7 rings (SSSR count). The number of benzene rings is 4. The minimum absolute atomic E-state index is 0.0611. The van der Waals surface area contributed by atoms with Crippen LogP contribution in [0.5, 0.6) is 11.5 Å². The Kier molecular flexibility index (Phi) is 6.82. The van der Waals surface area contributed by atoms with E-state index in [1.165, 1.54) is 16.0 Å². The van der Waals surface area contributed by atoms with Crippen molar-refractivity contribution in [1.29, 1.82) is 0 Å². The van der Waals surface area contributed by atoms with Crippen molar-refractivity contribution in [1.82, 2.24) is 15.1 Å². The normalized spacial score (nSPS) is 18.6. The first-order valence-corrected chi connectivity index (χ1v) is 15.3. The lowest BCUT2D eigenvalue weighted by Gasteiger charge is -2.46. The number of piperidine rings is 1. The van der Waals surface area contributed by atoms with E-state index in [1.54, 1.807) is 0 Å². The van der Waals surface area contributed by atoms with Crippen LogP contribution in [-0.4, -0.2) is 47.9 Å². The van der Waals surface area contributed by atoms with E-state index in [-0.39, 0.29) is 17.4 Å². The van der Waals surface area contributed by atoms with Crippen LogP contribution in [0.1, 0.15) is 52.6 Å². The van der Waals surface area contributed by atoms with Crippen molar-refractivity contribution < 1.29 is 14.3 Å². The minimum atomic E-state index is -1.22. The van der Waals surface area contributed by atoms with Gasteiger partial charge in [-0.15, -0.1) is 0 Å². The first-order chi connectivity index (χ1) is 20.9. The number of nitrogens with one attached hydrogen (secondary N) is 1. The number of hydrogen-bond acceptors (Lipinski definition) is 4. The number of likely N-dealkylation sites (tertiary alicyclic amines) is 1. The van der Waals surface area contributed by atoms with Crippen molar-refractivity contribution in [3.8, 4) is 11.5 Å². The molecule has 0 radical (unpaired) electrons. The Labute approximate surface area is 253 Å². The number of nitrogens with zero attached hydrogens (tertiary/aromatic N) is 2. The zero-order valence-corrected chi connectivity index (χ0v) is 24.8. The maximum absolute atomic E-state index is 14.1. The lowest BCUT2D eigenvalue weighted by atomic mass is 9.66. The van der Waals surface area contributed by atoms with Crippen LogP contribution in [0.2, 0.25) is 0 Å². The zero-order valence-electron chi connectivity index (χ0n) is 24.8. The molecule has 3 heterocycles. The van der Waals surface area contributed by atoms with E-state index in [9.17, 15) is 9.59 Å². The molecule has 6 heteroatoms. The Balaban J connectivity index is 1.06. The summed E-state index contributed by atoms with van der Waals surface area (Å²) in [4.78, 5) is 31.4. The molecule has 1 N–H and O–H groups in total. The predicted octanol–water partition coefficient (Wildman–Crippen LogP) is 6.68. The number of ether oxygens (including phenoxy) is 1. The summed E-state index contributed by atoms with van der Waals surface area (Å²) < 4.78 is 6.28. The lowest BCUT2D eigenvalue weighted by Crippen LogP contribution is -2.46. The van der Waals surface area contributed by atoms with Gasteiger partial charge in [0.25, 0.3) is 5.91 Å². The van der Waals surface area contributed by atoms with E-state index in [0.29, 0.717) is 6.54 Å². The SMILES string of the molecule is Cc1ccc(C2(c3ccc(C)cc3)NC(=O)N(CCCN3CCC4(CC3)c3ccccc3Oc3ccccc34)C2=O)cc1. The molecule has 2 saturated heterocycles. The fraction of sp³-hybridized carbons (Fsp3) is 0.297. The third-order valence-corrected chi connectivity index (χ3v) is 9.67. The van der Waals surface area contributed by atoms with Crippen LogP contribution >= 0.6 is 0 Å². The lowest BCUT2D eigenvalue weighted by molar-refractivity contribution is -0.130. The zero-order chi connectivity index (χ0) is 29.6. The number of carbonyl (C=O) groups excluding carboxylic acids is 2. The van der Waals surface area contributed by atoms with Crippen LogP contribution < -0.4 is 10.1 Å². The number of hydrogen-bond donors (Lipinski definition) is 1. The molecule has 0 saturated carbocycles. The molecule has 0 atom stereocenters. The second-order valence-electron chi connectivity index (χ2n) is 12.2. The monoisotopic (exact) mass is 571 g/mol. The quantitative estimate of drug-likeness (QED) is 0.263. The Morgan fingerprint density at radius 2 is 1.21 bits per heavy atom. The average Bonchev–Trinajstić information content (AvgIpc) is 3.28. The maximum atomic E-state index is 14.1. The van der Waals surface area contributed by atoms with Crippen LogP contribution in [0.4, 0.5) is 4.79 Å². The molecule has 4 aromatic rings. The van der Waals surface area contributed by atoms with Crippen molar-refractivity contribution in [2.24, 2.45) is 0 Å². The van der Waals surface area contributed by atoms with Crippen molar-refractivity contribution in [2.45, 2.75) is 44.1 Å². The molecule has 43 heavy (non-hydrogen) atoms. The Morgan fingerprint density at radius 1 is 0.698 bits per heavy atom. The summed E-state index contributed by atoms with van der Waals surface area (Å²) in [7, 11) is 0. The van der Waals surface area contributed by atoms with Gasteiger partial charge in [-0.25, -0.2) is 4.79 Å². The molecular weight excluding hydrogens is 534 g/mol. The van der Waals surface area contributed by atoms with E-state index < -0.39 is 5.54 Å². The number of imide groups is 1. The molecule has 0 bridgehead atoms. The first-order valence-electron chi connectivity index (χ1n) is 15.3.